The number of alkyl halides is 1. The fourth-order valence-corrected chi connectivity index (χ4v) is 3.80. The summed E-state index contributed by atoms with van der Waals surface area (Å²) in [5.41, 5.74) is 3.16. The van der Waals surface area contributed by atoms with E-state index in [1.165, 1.54) is 13.2 Å². The highest BCUT2D eigenvalue weighted by Gasteiger charge is 2.38. The predicted octanol–water partition coefficient (Wildman–Crippen LogP) is 0.396. The van der Waals surface area contributed by atoms with Crippen LogP contribution in [-0.2, 0) is 25.6 Å². The Morgan fingerprint density at radius 3 is 2.76 bits per heavy atom. The van der Waals surface area contributed by atoms with Gasteiger partial charge in [-0.05, 0) is 32.7 Å². The van der Waals surface area contributed by atoms with Gasteiger partial charge < -0.3 is 24.4 Å². The molecule has 4 unspecified atom stereocenters. The highest BCUT2D eigenvalue weighted by Crippen LogP contribution is 2.46. The number of aromatic amines is 1. The molecule has 0 amide bonds. The van der Waals surface area contributed by atoms with E-state index >= 15 is 0 Å². The zero-order valence-electron chi connectivity index (χ0n) is 14.1. The third kappa shape index (κ3) is 6.70. The molecule has 4 atom stereocenters. The Morgan fingerprint density at radius 1 is 1.56 bits per heavy atom. The smallest absolute Gasteiger partial charge is 0.330 e. The molecule has 0 saturated carbocycles. The van der Waals surface area contributed by atoms with E-state index < -0.39 is 36.5 Å². The molecule has 0 aromatic carbocycles. The lowest BCUT2D eigenvalue weighted by Gasteiger charge is -2.20. The van der Waals surface area contributed by atoms with E-state index in [-0.39, 0.29) is 19.1 Å². The minimum Gasteiger partial charge on any atom is -0.349 e. The summed E-state index contributed by atoms with van der Waals surface area (Å²) < 4.78 is 30.7. The van der Waals surface area contributed by atoms with Crippen molar-refractivity contribution in [2.24, 2.45) is 5.73 Å². The standard InChI is InChI=1S/C12H18FN2O6PS.CH5N/c1-7(2)21-22(18,23)19-6-8-5-9(13)11(20-8)15-4-3-10(16)14-12(15)17;1-2/h3-4,7-9,11H,5-6H2,1-2H3,(H,18,23)(H,14,16,17);2H2,1H3. The van der Waals surface area contributed by atoms with Gasteiger partial charge >= 0.3 is 12.4 Å². The molecule has 4 N–H and O–H groups in total. The summed E-state index contributed by atoms with van der Waals surface area (Å²) in [6, 6.07) is 1.10. The van der Waals surface area contributed by atoms with Gasteiger partial charge in [0, 0.05) is 18.7 Å². The van der Waals surface area contributed by atoms with Crippen molar-refractivity contribution in [2.45, 2.75) is 44.9 Å². The molecule has 1 aromatic heterocycles. The fraction of sp³-hybridized carbons (Fsp3) is 0.692. The highest BCUT2D eigenvalue weighted by molar-refractivity contribution is 8.07. The van der Waals surface area contributed by atoms with Gasteiger partial charge in [0.25, 0.3) is 5.56 Å². The largest absolute Gasteiger partial charge is 0.349 e. The maximum atomic E-state index is 14.1. The maximum absolute atomic E-state index is 14.1. The first-order chi connectivity index (χ1) is 11.7. The van der Waals surface area contributed by atoms with E-state index in [4.69, 9.17) is 25.6 Å². The molecular weight excluding hydrogens is 376 g/mol. The predicted molar refractivity (Wildman–Crippen MR) is 93.5 cm³/mol. The van der Waals surface area contributed by atoms with E-state index in [1.54, 1.807) is 13.8 Å². The molecule has 1 aliphatic rings. The van der Waals surface area contributed by atoms with E-state index in [1.807, 2.05) is 4.98 Å². The summed E-state index contributed by atoms with van der Waals surface area (Å²) in [4.78, 5) is 34.5. The second-order valence-corrected chi connectivity index (χ2v) is 8.13. The van der Waals surface area contributed by atoms with Gasteiger partial charge in [-0.2, -0.15) is 0 Å². The first kappa shape index (κ1) is 22.1. The molecule has 2 heterocycles. The number of aromatic nitrogens is 2. The SMILES string of the molecule is CC(C)OP(O)(=S)OCC1CC(F)C(n2ccc(=O)[nH]c2=O)O1.CN. The van der Waals surface area contributed by atoms with Crippen LogP contribution in [0.5, 0.6) is 0 Å². The van der Waals surface area contributed by atoms with Gasteiger partial charge in [-0.1, -0.05) is 0 Å². The van der Waals surface area contributed by atoms with Gasteiger partial charge in [0.1, 0.15) is 6.17 Å². The van der Waals surface area contributed by atoms with Gasteiger partial charge in [0.05, 0.1) is 18.8 Å². The fourth-order valence-electron chi connectivity index (χ4n) is 2.15. The van der Waals surface area contributed by atoms with Crippen LogP contribution in [0.3, 0.4) is 0 Å². The Labute approximate surface area is 149 Å². The number of nitrogens with one attached hydrogen (secondary N) is 1. The maximum Gasteiger partial charge on any atom is 0.330 e. The summed E-state index contributed by atoms with van der Waals surface area (Å²) >= 11 is 4.82. The van der Waals surface area contributed by atoms with E-state index in [2.05, 4.69) is 5.73 Å². The minimum absolute atomic E-state index is 0.0345. The minimum atomic E-state index is -3.41. The van der Waals surface area contributed by atoms with Crippen LogP contribution in [0.4, 0.5) is 4.39 Å². The number of nitrogens with zero attached hydrogens (tertiary/aromatic N) is 1. The molecule has 1 saturated heterocycles. The number of H-pyrrole nitrogens is 1. The average molecular weight is 399 g/mol. The zero-order chi connectivity index (χ0) is 19.2. The van der Waals surface area contributed by atoms with Crippen molar-refractivity contribution in [3.63, 3.8) is 0 Å². The summed E-state index contributed by atoms with van der Waals surface area (Å²) in [6.45, 7) is -0.176. The second kappa shape index (κ2) is 9.67. The van der Waals surface area contributed by atoms with Gasteiger partial charge in [-0.3, -0.25) is 14.3 Å². The van der Waals surface area contributed by atoms with Gasteiger partial charge in [-0.15, -0.1) is 0 Å². The third-order valence-electron chi connectivity index (χ3n) is 3.02. The number of ether oxygens (including phenoxy) is 1. The van der Waals surface area contributed by atoms with Crippen molar-refractivity contribution in [2.75, 3.05) is 13.7 Å². The number of hydrogen-bond donors (Lipinski definition) is 3. The molecule has 12 heteroatoms. The van der Waals surface area contributed by atoms with Crippen molar-refractivity contribution in [3.05, 3.63) is 33.1 Å². The molecular formula is C13H23FN3O6PS. The zero-order valence-corrected chi connectivity index (χ0v) is 15.8. The first-order valence-corrected chi connectivity index (χ1v) is 10.1. The molecule has 1 aromatic rings. The van der Waals surface area contributed by atoms with E-state index in [0.717, 1.165) is 10.6 Å². The Hall–Kier alpha value is -0.940. The van der Waals surface area contributed by atoms with Gasteiger partial charge in [0.2, 0.25) is 0 Å². The molecule has 0 bridgehead atoms. The lowest BCUT2D eigenvalue weighted by atomic mass is 10.2. The van der Waals surface area contributed by atoms with Gasteiger partial charge in [0.15, 0.2) is 6.23 Å². The summed E-state index contributed by atoms with van der Waals surface area (Å²) in [6.07, 6.45) is -2.51. The van der Waals surface area contributed by atoms with Crippen LogP contribution in [0.15, 0.2) is 21.9 Å². The second-order valence-electron chi connectivity index (χ2n) is 5.34. The lowest BCUT2D eigenvalue weighted by Crippen LogP contribution is -2.34. The topological polar surface area (TPSA) is 129 Å². The Balaban J connectivity index is 0.00000151. The van der Waals surface area contributed by atoms with Crippen LogP contribution in [0.1, 0.15) is 26.5 Å². The molecule has 0 spiro atoms. The molecule has 0 aliphatic carbocycles. The Morgan fingerprint density at radius 2 is 2.20 bits per heavy atom. The summed E-state index contributed by atoms with van der Waals surface area (Å²) in [7, 11) is 1.50. The quantitative estimate of drug-likeness (QED) is 0.586. The monoisotopic (exact) mass is 399 g/mol. The number of halogens is 1. The van der Waals surface area contributed by atoms with Crippen molar-refractivity contribution in [3.8, 4) is 0 Å². The normalized spacial score (nSPS) is 25.3. The molecule has 25 heavy (non-hydrogen) atoms. The van der Waals surface area contributed by atoms with Gasteiger partial charge in [-0.25, -0.2) is 9.18 Å². The van der Waals surface area contributed by atoms with Crippen LogP contribution < -0.4 is 17.0 Å². The molecule has 144 valence electrons. The van der Waals surface area contributed by atoms with Crippen LogP contribution in [0.2, 0.25) is 0 Å². The molecule has 9 nitrogen and oxygen atoms in total. The molecule has 2 rings (SSSR count). The van der Waals surface area contributed by atoms with Crippen molar-refractivity contribution in [1.29, 1.82) is 0 Å². The Kier molecular flexibility index (Phi) is 8.55. The first-order valence-electron chi connectivity index (χ1n) is 7.52. The summed E-state index contributed by atoms with van der Waals surface area (Å²) in [5, 5.41) is 0. The lowest BCUT2D eigenvalue weighted by molar-refractivity contribution is -0.0383. The van der Waals surface area contributed by atoms with E-state index in [0.29, 0.717) is 0 Å². The van der Waals surface area contributed by atoms with Crippen LogP contribution in [0, 0.1) is 0 Å². The number of nitrogens with two attached hydrogens (primary N) is 1. The molecule has 1 aliphatic heterocycles. The molecule has 0 radical (unpaired) electrons. The highest BCUT2D eigenvalue weighted by atomic mass is 32.5. The van der Waals surface area contributed by atoms with Crippen LogP contribution >= 0.6 is 6.72 Å². The van der Waals surface area contributed by atoms with Crippen molar-refractivity contribution < 1.29 is 23.1 Å². The van der Waals surface area contributed by atoms with Crippen molar-refractivity contribution >= 4 is 18.5 Å². The molecule has 1 fully saturated rings. The van der Waals surface area contributed by atoms with E-state index in [9.17, 15) is 18.9 Å². The third-order valence-corrected chi connectivity index (χ3v) is 4.76. The summed E-state index contributed by atoms with van der Waals surface area (Å²) in [5.74, 6) is 0. The Bertz CT molecular complexity index is 711. The van der Waals surface area contributed by atoms with Crippen LogP contribution in [-0.4, -0.2) is 46.5 Å². The number of rotatable bonds is 6. The average Bonchev–Trinajstić information content (AvgIpc) is 2.87. The van der Waals surface area contributed by atoms with Crippen LogP contribution in [0.25, 0.3) is 0 Å². The van der Waals surface area contributed by atoms with Crippen molar-refractivity contribution in [1.82, 2.24) is 9.55 Å². The number of hydrogen-bond acceptors (Lipinski definition) is 7.